The van der Waals surface area contributed by atoms with E-state index < -0.39 is 0 Å². The number of phenols is 1. The predicted molar refractivity (Wildman–Crippen MR) is 66.5 cm³/mol. The molecule has 88 valence electrons. The van der Waals surface area contributed by atoms with Crippen LogP contribution < -0.4 is 5.32 Å². The average Bonchev–Trinajstić information content (AvgIpc) is 2.17. The Labute approximate surface area is 97.7 Å². The van der Waals surface area contributed by atoms with E-state index in [1.165, 1.54) is 24.8 Å². The highest BCUT2D eigenvalue weighted by Gasteiger charge is 2.23. The van der Waals surface area contributed by atoms with Crippen LogP contribution in [0, 0.1) is 12.8 Å². The molecule has 0 aromatic heterocycles. The SMILES string of the molecule is Cc1ccc(O)c(CNC(C)C2CCC2)c1. The summed E-state index contributed by atoms with van der Waals surface area (Å²) in [6, 6.07) is 6.33. The van der Waals surface area contributed by atoms with Crippen LogP contribution in [0.4, 0.5) is 0 Å². The standard InChI is InChI=1S/C14H21NO/c1-10-6-7-14(16)13(8-10)9-15-11(2)12-4-3-5-12/h6-8,11-12,15-16H,3-5,9H2,1-2H3. The van der Waals surface area contributed by atoms with E-state index in [1.54, 1.807) is 6.07 Å². The van der Waals surface area contributed by atoms with Gasteiger partial charge < -0.3 is 10.4 Å². The summed E-state index contributed by atoms with van der Waals surface area (Å²) in [5, 5.41) is 13.2. The fourth-order valence-electron chi connectivity index (χ4n) is 2.23. The highest BCUT2D eigenvalue weighted by atomic mass is 16.3. The monoisotopic (exact) mass is 219 g/mol. The summed E-state index contributed by atoms with van der Waals surface area (Å²) in [6.07, 6.45) is 4.09. The Hall–Kier alpha value is -1.02. The van der Waals surface area contributed by atoms with E-state index in [0.29, 0.717) is 11.8 Å². The third-order valence-electron chi connectivity index (χ3n) is 3.71. The lowest BCUT2D eigenvalue weighted by molar-refractivity contribution is 0.239. The van der Waals surface area contributed by atoms with Crippen LogP contribution >= 0.6 is 0 Å². The van der Waals surface area contributed by atoms with Crippen molar-refractivity contribution in [3.05, 3.63) is 29.3 Å². The van der Waals surface area contributed by atoms with Crippen LogP contribution in [-0.2, 0) is 6.54 Å². The number of aromatic hydroxyl groups is 1. The number of phenolic OH excluding ortho intramolecular Hbond substituents is 1. The van der Waals surface area contributed by atoms with Crippen LogP contribution in [0.5, 0.6) is 5.75 Å². The van der Waals surface area contributed by atoms with Gasteiger partial charge >= 0.3 is 0 Å². The molecule has 2 heteroatoms. The lowest BCUT2D eigenvalue weighted by Crippen LogP contribution is -2.36. The highest BCUT2D eigenvalue weighted by Crippen LogP contribution is 2.29. The fraction of sp³-hybridized carbons (Fsp3) is 0.571. The second kappa shape index (κ2) is 4.88. The number of hydrogen-bond donors (Lipinski definition) is 2. The van der Waals surface area contributed by atoms with Crippen LogP contribution in [0.25, 0.3) is 0 Å². The molecular formula is C14H21NO. The maximum atomic E-state index is 9.72. The van der Waals surface area contributed by atoms with Crippen molar-refractivity contribution in [2.75, 3.05) is 0 Å². The lowest BCUT2D eigenvalue weighted by Gasteiger charge is -2.32. The molecule has 1 saturated carbocycles. The molecule has 2 nitrogen and oxygen atoms in total. The number of nitrogens with one attached hydrogen (secondary N) is 1. The lowest BCUT2D eigenvalue weighted by atomic mass is 9.80. The first kappa shape index (κ1) is 11.5. The summed E-state index contributed by atoms with van der Waals surface area (Å²) >= 11 is 0. The zero-order valence-corrected chi connectivity index (χ0v) is 10.2. The first-order valence-electron chi connectivity index (χ1n) is 6.18. The molecule has 1 atom stereocenters. The van der Waals surface area contributed by atoms with E-state index in [9.17, 15) is 5.11 Å². The van der Waals surface area contributed by atoms with Crippen molar-refractivity contribution in [3.63, 3.8) is 0 Å². The molecule has 2 rings (SSSR count). The molecule has 0 amide bonds. The zero-order chi connectivity index (χ0) is 11.5. The molecule has 0 radical (unpaired) electrons. The van der Waals surface area contributed by atoms with Gasteiger partial charge in [0, 0.05) is 18.2 Å². The van der Waals surface area contributed by atoms with Gasteiger partial charge in [0.1, 0.15) is 5.75 Å². The Morgan fingerprint density at radius 3 is 2.81 bits per heavy atom. The summed E-state index contributed by atoms with van der Waals surface area (Å²) in [4.78, 5) is 0. The van der Waals surface area contributed by atoms with Crippen LogP contribution in [0.3, 0.4) is 0 Å². The van der Waals surface area contributed by atoms with Crippen molar-refractivity contribution in [1.82, 2.24) is 5.32 Å². The molecule has 0 bridgehead atoms. The molecule has 0 spiro atoms. The molecule has 1 aromatic rings. The molecule has 2 N–H and O–H groups in total. The zero-order valence-electron chi connectivity index (χ0n) is 10.2. The Morgan fingerprint density at radius 2 is 2.19 bits per heavy atom. The van der Waals surface area contributed by atoms with Gasteiger partial charge in [0.15, 0.2) is 0 Å². The van der Waals surface area contributed by atoms with Gasteiger partial charge in [-0.2, -0.15) is 0 Å². The molecule has 1 fully saturated rings. The van der Waals surface area contributed by atoms with Crippen LogP contribution in [0.1, 0.15) is 37.3 Å². The fourth-order valence-corrected chi connectivity index (χ4v) is 2.23. The van der Waals surface area contributed by atoms with E-state index in [1.807, 2.05) is 6.07 Å². The van der Waals surface area contributed by atoms with E-state index in [4.69, 9.17) is 0 Å². The van der Waals surface area contributed by atoms with Crippen molar-refractivity contribution in [1.29, 1.82) is 0 Å². The van der Waals surface area contributed by atoms with Gasteiger partial charge in [-0.25, -0.2) is 0 Å². The molecule has 0 saturated heterocycles. The van der Waals surface area contributed by atoms with Crippen molar-refractivity contribution < 1.29 is 5.11 Å². The van der Waals surface area contributed by atoms with Crippen LogP contribution in [0.2, 0.25) is 0 Å². The minimum Gasteiger partial charge on any atom is -0.508 e. The normalized spacial score (nSPS) is 18.1. The molecule has 1 unspecified atom stereocenters. The second-order valence-corrected chi connectivity index (χ2v) is 4.99. The number of rotatable bonds is 4. The summed E-state index contributed by atoms with van der Waals surface area (Å²) in [6.45, 7) is 5.07. The highest BCUT2D eigenvalue weighted by molar-refractivity contribution is 5.35. The molecular weight excluding hydrogens is 198 g/mol. The Balaban J connectivity index is 1.90. The molecule has 0 aliphatic heterocycles. The van der Waals surface area contributed by atoms with Crippen molar-refractivity contribution >= 4 is 0 Å². The van der Waals surface area contributed by atoms with Gasteiger partial charge in [-0.3, -0.25) is 0 Å². The van der Waals surface area contributed by atoms with Crippen molar-refractivity contribution in [2.45, 2.75) is 45.7 Å². The third kappa shape index (κ3) is 2.56. The molecule has 1 aliphatic carbocycles. The van der Waals surface area contributed by atoms with E-state index in [2.05, 4.69) is 25.2 Å². The third-order valence-corrected chi connectivity index (χ3v) is 3.71. The average molecular weight is 219 g/mol. The minimum atomic E-state index is 0.402. The molecule has 1 aromatic carbocycles. The first-order chi connectivity index (χ1) is 7.66. The largest absolute Gasteiger partial charge is 0.508 e. The quantitative estimate of drug-likeness (QED) is 0.816. The Morgan fingerprint density at radius 1 is 1.44 bits per heavy atom. The van der Waals surface area contributed by atoms with E-state index >= 15 is 0 Å². The number of hydrogen-bond acceptors (Lipinski definition) is 2. The molecule has 16 heavy (non-hydrogen) atoms. The van der Waals surface area contributed by atoms with Crippen LogP contribution in [0.15, 0.2) is 18.2 Å². The number of aryl methyl sites for hydroxylation is 1. The van der Waals surface area contributed by atoms with Crippen molar-refractivity contribution in [3.8, 4) is 5.75 Å². The molecule has 1 aliphatic rings. The van der Waals surface area contributed by atoms with Crippen LogP contribution in [-0.4, -0.2) is 11.1 Å². The summed E-state index contributed by atoms with van der Waals surface area (Å²) < 4.78 is 0. The van der Waals surface area contributed by atoms with Gasteiger partial charge in [0.25, 0.3) is 0 Å². The maximum Gasteiger partial charge on any atom is 0.120 e. The number of benzene rings is 1. The Bertz CT molecular complexity index is 358. The second-order valence-electron chi connectivity index (χ2n) is 4.99. The van der Waals surface area contributed by atoms with Gasteiger partial charge in [0.05, 0.1) is 0 Å². The summed E-state index contributed by atoms with van der Waals surface area (Å²) in [5.74, 6) is 1.24. The minimum absolute atomic E-state index is 0.402. The van der Waals surface area contributed by atoms with Crippen molar-refractivity contribution in [2.24, 2.45) is 5.92 Å². The maximum absolute atomic E-state index is 9.72. The van der Waals surface area contributed by atoms with Gasteiger partial charge in [0.2, 0.25) is 0 Å². The van der Waals surface area contributed by atoms with Gasteiger partial charge in [-0.15, -0.1) is 0 Å². The first-order valence-corrected chi connectivity index (χ1v) is 6.18. The Kier molecular flexibility index (Phi) is 3.49. The predicted octanol–water partition coefficient (Wildman–Crippen LogP) is 2.98. The van der Waals surface area contributed by atoms with Gasteiger partial charge in [-0.1, -0.05) is 24.1 Å². The summed E-state index contributed by atoms with van der Waals surface area (Å²) in [5.41, 5.74) is 2.21. The molecule has 0 heterocycles. The van der Waals surface area contributed by atoms with E-state index in [-0.39, 0.29) is 0 Å². The smallest absolute Gasteiger partial charge is 0.120 e. The van der Waals surface area contributed by atoms with E-state index in [0.717, 1.165) is 18.0 Å². The summed E-state index contributed by atoms with van der Waals surface area (Å²) in [7, 11) is 0. The topological polar surface area (TPSA) is 32.3 Å². The van der Waals surface area contributed by atoms with Gasteiger partial charge in [-0.05, 0) is 38.7 Å².